The van der Waals surface area contributed by atoms with Crippen molar-refractivity contribution in [3.63, 3.8) is 0 Å². The van der Waals surface area contributed by atoms with Crippen LogP contribution in [0.3, 0.4) is 0 Å². The number of fused-ring (bicyclic) bond motifs is 10. The molecule has 0 aliphatic rings. The molecule has 57 heavy (non-hydrogen) atoms. The summed E-state index contributed by atoms with van der Waals surface area (Å²) in [5.41, 5.74) is 11.2. The second kappa shape index (κ2) is 12.3. The lowest BCUT2D eigenvalue weighted by Gasteiger charge is -2.10. The van der Waals surface area contributed by atoms with E-state index in [-0.39, 0.29) is 0 Å². The van der Waals surface area contributed by atoms with Crippen LogP contribution in [0.2, 0.25) is 0 Å². The average molecular weight is 731 g/mol. The third-order valence-corrected chi connectivity index (χ3v) is 11.1. The minimum atomic E-state index is 0.555. The lowest BCUT2D eigenvalue weighted by atomic mass is 10.0. The van der Waals surface area contributed by atoms with Crippen molar-refractivity contribution in [1.29, 1.82) is 0 Å². The first-order valence-electron chi connectivity index (χ1n) is 19.0. The Bertz CT molecular complexity index is 3530. The number of rotatable bonds is 5. The van der Waals surface area contributed by atoms with E-state index < -0.39 is 0 Å². The van der Waals surface area contributed by atoms with Gasteiger partial charge in [-0.15, -0.1) is 0 Å². The monoisotopic (exact) mass is 730 g/mol. The van der Waals surface area contributed by atoms with Gasteiger partial charge in [0, 0.05) is 54.7 Å². The summed E-state index contributed by atoms with van der Waals surface area (Å²) in [7, 11) is 0. The van der Waals surface area contributed by atoms with Crippen molar-refractivity contribution in [2.45, 2.75) is 0 Å². The number of hydrogen-bond acceptors (Lipinski definition) is 5. The first kappa shape index (κ1) is 31.5. The number of nitrogens with zero attached hydrogens (tertiary/aromatic N) is 4. The lowest BCUT2D eigenvalue weighted by Crippen LogP contribution is -2.00. The van der Waals surface area contributed by atoms with Gasteiger partial charge in [0.1, 0.15) is 16.7 Å². The van der Waals surface area contributed by atoms with Crippen molar-refractivity contribution in [1.82, 2.24) is 19.5 Å². The van der Waals surface area contributed by atoms with Crippen molar-refractivity contribution >= 4 is 65.7 Å². The van der Waals surface area contributed by atoms with Crippen LogP contribution in [0, 0.1) is 0 Å². The molecule has 0 bridgehead atoms. The Kier molecular flexibility index (Phi) is 6.83. The summed E-state index contributed by atoms with van der Waals surface area (Å²) >= 11 is 0. The maximum absolute atomic E-state index is 6.89. The van der Waals surface area contributed by atoms with E-state index in [1.54, 1.807) is 0 Å². The molecule has 4 aromatic heterocycles. The summed E-state index contributed by atoms with van der Waals surface area (Å²) in [5, 5.41) is 6.37. The van der Waals surface area contributed by atoms with Crippen LogP contribution in [-0.4, -0.2) is 19.5 Å². The number of hydrogen-bond donors (Lipinski definition) is 0. The van der Waals surface area contributed by atoms with Gasteiger partial charge in [-0.25, -0.2) is 15.0 Å². The van der Waals surface area contributed by atoms with Gasteiger partial charge < -0.3 is 13.4 Å². The fraction of sp³-hybridized carbons (Fsp3) is 0. The fourth-order valence-corrected chi connectivity index (χ4v) is 8.45. The highest BCUT2D eigenvalue weighted by atomic mass is 16.3. The Labute approximate surface area is 325 Å². The Morgan fingerprint density at radius 2 is 0.982 bits per heavy atom. The van der Waals surface area contributed by atoms with Gasteiger partial charge in [-0.1, -0.05) is 127 Å². The van der Waals surface area contributed by atoms with E-state index in [0.29, 0.717) is 17.5 Å². The van der Waals surface area contributed by atoms with Crippen LogP contribution in [0.1, 0.15) is 0 Å². The molecule has 6 heteroatoms. The molecule has 0 atom stereocenters. The van der Waals surface area contributed by atoms with Gasteiger partial charge in [-0.05, 0) is 65.7 Å². The third kappa shape index (κ3) is 4.94. The van der Waals surface area contributed by atoms with Crippen LogP contribution < -0.4 is 0 Å². The molecule has 0 spiro atoms. The second-order valence-electron chi connectivity index (χ2n) is 14.4. The number of para-hydroxylation sites is 3. The lowest BCUT2D eigenvalue weighted by molar-refractivity contribution is 0.669. The van der Waals surface area contributed by atoms with E-state index in [9.17, 15) is 0 Å². The van der Waals surface area contributed by atoms with Gasteiger partial charge in [0.15, 0.2) is 23.1 Å². The van der Waals surface area contributed by atoms with Crippen molar-refractivity contribution in [2.75, 3.05) is 0 Å². The Morgan fingerprint density at radius 3 is 1.84 bits per heavy atom. The largest absolute Gasteiger partial charge is 0.456 e. The number of furan rings is 2. The van der Waals surface area contributed by atoms with Crippen LogP contribution in [0.15, 0.2) is 191 Å². The number of aromatic nitrogens is 4. The summed E-state index contributed by atoms with van der Waals surface area (Å²) in [5.74, 6) is 1.69. The van der Waals surface area contributed by atoms with Gasteiger partial charge in [-0.3, -0.25) is 0 Å². The van der Waals surface area contributed by atoms with E-state index in [1.165, 1.54) is 5.39 Å². The van der Waals surface area contributed by atoms with Gasteiger partial charge >= 0.3 is 0 Å². The van der Waals surface area contributed by atoms with E-state index in [1.807, 2.05) is 48.5 Å². The Morgan fingerprint density at radius 1 is 0.368 bits per heavy atom. The molecular formula is C51H30N4O2. The summed E-state index contributed by atoms with van der Waals surface area (Å²) in [6.45, 7) is 0. The highest BCUT2D eigenvalue weighted by molar-refractivity contribution is 6.23. The SMILES string of the molecule is c1ccc(-c2cccc(-c3nc(-c4ccc5c(c4)oc4ccccc45)nc(-c4cccc5oc6c(ccc7c8ccccc8n(-c8ccccc8)c76)c45)n3)c2)cc1. The zero-order valence-corrected chi connectivity index (χ0v) is 30.4. The highest BCUT2D eigenvalue weighted by Gasteiger charge is 2.23. The minimum absolute atomic E-state index is 0.555. The topological polar surface area (TPSA) is 69.9 Å². The molecule has 0 saturated carbocycles. The highest BCUT2D eigenvalue weighted by Crippen LogP contribution is 2.43. The van der Waals surface area contributed by atoms with Gasteiger partial charge in [0.05, 0.1) is 11.0 Å². The van der Waals surface area contributed by atoms with Crippen LogP contribution in [0.25, 0.3) is 117 Å². The molecule has 0 amide bonds. The molecule has 0 saturated heterocycles. The predicted octanol–water partition coefficient (Wildman–Crippen LogP) is 13.4. The molecule has 0 aliphatic heterocycles. The summed E-state index contributed by atoms with van der Waals surface area (Å²) < 4.78 is 15.5. The zero-order valence-electron chi connectivity index (χ0n) is 30.4. The molecule has 0 aliphatic carbocycles. The molecule has 0 radical (unpaired) electrons. The van der Waals surface area contributed by atoms with Crippen LogP contribution in [0.4, 0.5) is 0 Å². The van der Waals surface area contributed by atoms with E-state index in [4.69, 9.17) is 23.8 Å². The Balaban J connectivity index is 1.11. The molecule has 6 nitrogen and oxygen atoms in total. The third-order valence-electron chi connectivity index (χ3n) is 11.1. The van der Waals surface area contributed by atoms with E-state index >= 15 is 0 Å². The fourth-order valence-electron chi connectivity index (χ4n) is 8.45. The summed E-state index contributed by atoms with van der Waals surface area (Å²) in [6, 6.07) is 62.6. The van der Waals surface area contributed by atoms with Crippen molar-refractivity contribution < 1.29 is 8.83 Å². The van der Waals surface area contributed by atoms with E-state index in [2.05, 4.69) is 138 Å². The zero-order chi connectivity index (χ0) is 37.5. The van der Waals surface area contributed by atoms with Crippen molar-refractivity contribution in [3.05, 3.63) is 182 Å². The van der Waals surface area contributed by atoms with Crippen molar-refractivity contribution in [3.8, 4) is 51.0 Å². The first-order chi connectivity index (χ1) is 28.2. The van der Waals surface area contributed by atoms with Gasteiger partial charge in [0.2, 0.25) is 0 Å². The van der Waals surface area contributed by atoms with Crippen molar-refractivity contribution in [2.24, 2.45) is 0 Å². The molecule has 12 rings (SSSR count). The van der Waals surface area contributed by atoms with Crippen LogP contribution in [0.5, 0.6) is 0 Å². The van der Waals surface area contributed by atoms with Crippen LogP contribution >= 0.6 is 0 Å². The Hall–Kier alpha value is -7.83. The molecule has 266 valence electrons. The molecule has 0 unspecified atom stereocenters. The quantitative estimate of drug-likeness (QED) is 0.176. The van der Waals surface area contributed by atoms with E-state index in [0.717, 1.165) is 93.8 Å². The molecule has 4 heterocycles. The molecule has 0 fully saturated rings. The summed E-state index contributed by atoms with van der Waals surface area (Å²) in [6.07, 6.45) is 0. The molecule has 12 aromatic rings. The molecule has 8 aromatic carbocycles. The smallest absolute Gasteiger partial charge is 0.164 e. The van der Waals surface area contributed by atoms with Gasteiger partial charge in [-0.2, -0.15) is 0 Å². The number of benzene rings is 8. The normalized spacial score (nSPS) is 11.9. The van der Waals surface area contributed by atoms with Gasteiger partial charge in [0.25, 0.3) is 0 Å². The maximum atomic E-state index is 6.89. The molecule has 0 N–H and O–H groups in total. The van der Waals surface area contributed by atoms with Crippen LogP contribution in [-0.2, 0) is 0 Å². The average Bonchev–Trinajstić information content (AvgIpc) is 3.96. The maximum Gasteiger partial charge on any atom is 0.164 e. The molecular weight excluding hydrogens is 701 g/mol. The standard InChI is InChI=1S/C51H30N4O2/c1-3-13-31(14-4-1)32-15-11-16-33(29-32)49-52-50(34-25-26-38-37-20-8-10-23-43(37)56-45(38)30-34)54-51(53-49)41-21-12-24-44-46(41)40-28-27-39-36-19-7-9-22-42(36)55(47(39)48(40)57-44)35-17-5-2-6-18-35/h1-30H. The first-order valence-corrected chi connectivity index (χ1v) is 19.0. The summed E-state index contributed by atoms with van der Waals surface area (Å²) in [4.78, 5) is 15.6. The predicted molar refractivity (Wildman–Crippen MR) is 230 cm³/mol. The second-order valence-corrected chi connectivity index (χ2v) is 14.4. The minimum Gasteiger partial charge on any atom is -0.456 e.